The fraction of sp³-hybridized carbons (Fsp3) is 0.571. The Morgan fingerprint density at radius 3 is 2.76 bits per heavy atom. The van der Waals surface area contributed by atoms with E-state index in [9.17, 15) is 0 Å². The van der Waals surface area contributed by atoms with Gasteiger partial charge in [0.05, 0.1) is 7.11 Å². The van der Waals surface area contributed by atoms with Gasteiger partial charge in [-0.05, 0) is 43.0 Å². The first-order valence-electron chi connectivity index (χ1n) is 6.27. The zero-order valence-corrected chi connectivity index (χ0v) is 10.9. The number of nitrogens with zero attached hydrogens (tertiary/aromatic N) is 1. The van der Waals surface area contributed by atoms with Crippen LogP contribution in [0.25, 0.3) is 0 Å². The summed E-state index contributed by atoms with van der Waals surface area (Å²) in [5.74, 6) is 1.48. The molecule has 0 radical (unpaired) electrons. The minimum atomic E-state index is 0.352. The molecule has 2 N–H and O–H groups in total. The van der Waals surface area contributed by atoms with Crippen molar-refractivity contribution in [3.8, 4) is 5.75 Å². The molecule has 2 rings (SSSR count). The molecule has 1 saturated heterocycles. The predicted molar refractivity (Wildman–Crippen MR) is 71.7 cm³/mol. The number of hydrogen-bond donors (Lipinski definition) is 1. The van der Waals surface area contributed by atoms with Crippen LogP contribution < -0.4 is 15.4 Å². The molecular weight excluding hydrogens is 212 g/mol. The van der Waals surface area contributed by atoms with Gasteiger partial charge in [0.2, 0.25) is 0 Å². The maximum atomic E-state index is 6.06. The summed E-state index contributed by atoms with van der Waals surface area (Å²) in [5.41, 5.74) is 8.64. The third-order valence-corrected chi connectivity index (χ3v) is 3.72. The number of methoxy groups -OCH3 is 1. The lowest BCUT2D eigenvalue weighted by Crippen LogP contribution is -2.46. The highest BCUT2D eigenvalue weighted by molar-refractivity contribution is 5.56. The summed E-state index contributed by atoms with van der Waals surface area (Å²) in [6.45, 7) is 6.47. The molecule has 1 fully saturated rings. The van der Waals surface area contributed by atoms with E-state index >= 15 is 0 Å². The lowest BCUT2D eigenvalue weighted by atomic mass is 9.94. The third-order valence-electron chi connectivity index (χ3n) is 3.72. The Morgan fingerprint density at radius 2 is 2.18 bits per heavy atom. The number of rotatable bonds is 2. The predicted octanol–water partition coefficient (Wildman–Crippen LogP) is 2.18. The van der Waals surface area contributed by atoms with Crippen molar-refractivity contribution in [2.24, 2.45) is 11.7 Å². The van der Waals surface area contributed by atoms with E-state index in [1.54, 1.807) is 7.11 Å². The van der Waals surface area contributed by atoms with E-state index in [2.05, 4.69) is 30.9 Å². The molecule has 3 nitrogen and oxygen atoms in total. The SMILES string of the molecule is COc1ccc(N2CCC(N)C(C)C2)c(C)c1. The topological polar surface area (TPSA) is 38.5 Å². The van der Waals surface area contributed by atoms with Gasteiger partial charge in [-0.1, -0.05) is 6.92 Å². The first kappa shape index (κ1) is 12.2. The van der Waals surface area contributed by atoms with Gasteiger partial charge in [0.1, 0.15) is 5.75 Å². The van der Waals surface area contributed by atoms with Crippen LogP contribution in [0.5, 0.6) is 5.75 Å². The second-order valence-electron chi connectivity index (χ2n) is 5.03. The van der Waals surface area contributed by atoms with Crippen LogP contribution in [0, 0.1) is 12.8 Å². The molecule has 1 aliphatic heterocycles. The number of aryl methyl sites for hydroxylation is 1. The van der Waals surface area contributed by atoms with Gasteiger partial charge in [-0.25, -0.2) is 0 Å². The largest absolute Gasteiger partial charge is 0.497 e. The molecule has 17 heavy (non-hydrogen) atoms. The number of anilines is 1. The molecule has 1 heterocycles. The highest BCUT2D eigenvalue weighted by Crippen LogP contribution is 2.28. The molecule has 0 aromatic heterocycles. The Bertz CT molecular complexity index is 392. The van der Waals surface area contributed by atoms with Crippen LogP contribution >= 0.6 is 0 Å². The van der Waals surface area contributed by atoms with E-state index in [-0.39, 0.29) is 0 Å². The van der Waals surface area contributed by atoms with E-state index in [0.29, 0.717) is 12.0 Å². The molecule has 2 unspecified atom stereocenters. The quantitative estimate of drug-likeness (QED) is 0.852. The zero-order valence-electron chi connectivity index (χ0n) is 10.9. The Kier molecular flexibility index (Phi) is 3.57. The maximum absolute atomic E-state index is 6.06. The molecule has 0 amide bonds. The van der Waals surface area contributed by atoms with Crippen molar-refractivity contribution in [2.75, 3.05) is 25.1 Å². The van der Waals surface area contributed by atoms with Crippen molar-refractivity contribution in [2.45, 2.75) is 26.3 Å². The van der Waals surface area contributed by atoms with Gasteiger partial charge in [0.25, 0.3) is 0 Å². The molecule has 2 atom stereocenters. The smallest absolute Gasteiger partial charge is 0.119 e. The lowest BCUT2D eigenvalue weighted by Gasteiger charge is -2.37. The Labute approximate surface area is 104 Å². The van der Waals surface area contributed by atoms with Gasteiger partial charge in [0, 0.05) is 24.8 Å². The first-order valence-corrected chi connectivity index (χ1v) is 6.27. The van der Waals surface area contributed by atoms with Crippen LogP contribution in [-0.4, -0.2) is 26.2 Å². The van der Waals surface area contributed by atoms with Crippen LogP contribution in [0.4, 0.5) is 5.69 Å². The summed E-state index contributed by atoms with van der Waals surface area (Å²) in [6, 6.07) is 6.62. The van der Waals surface area contributed by atoms with E-state index in [4.69, 9.17) is 10.5 Å². The van der Waals surface area contributed by atoms with Crippen molar-refractivity contribution < 1.29 is 4.74 Å². The fourth-order valence-corrected chi connectivity index (χ4v) is 2.49. The van der Waals surface area contributed by atoms with Crippen molar-refractivity contribution in [3.63, 3.8) is 0 Å². The van der Waals surface area contributed by atoms with E-state index in [0.717, 1.165) is 25.3 Å². The molecular formula is C14H22N2O. The average Bonchev–Trinajstić information content (AvgIpc) is 2.32. The van der Waals surface area contributed by atoms with Gasteiger partial charge in [0.15, 0.2) is 0 Å². The summed E-state index contributed by atoms with van der Waals surface area (Å²) in [4.78, 5) is 2.43. The maximum Gasteiger partial charge on any atom is 0.119 e. The van der Waals surface area contributed by atoms with Crippen molar-refractivity contribution in [1.82, 2.24) is 0 Å². The number of nitrogens with two attached hydrogens (primary N) is 1. The average molecular weight is 234 g/mol. The standard InChI is InChI=1S/C14H22N2O/c1-10-8-12(17-3)4-5-14(10)16-7-6-13(15)11(2)9-16/h4-5,8,11,13H,6-7,9,15H2,1-3H3. The molecule has 1 aromatic carbocycles. The zero-order chi connectivity index (χ0) is 12.4. The second kappa shape index (κ2) is 4.96. The normalized spacial score (nSPS) is 24.8. The van der Waals surface area contributed by atoms with Gasteiger partial charge in [-0.2, -0.15) is 0 Å². The van der Waals surface area contributed by atoms with Crippen LogP contribution in [0.3, 0.4) is 0 Å². The second-order valence-corrected chi connectivity index (χ2v) is 5.03. The minimum Gasteiger partial charge on any atom is -0.497 e. The molecule has 0 spiro atoms. The summed E-state index contributed by atoms with van der Waals surface area (Å²) in [5, 5.41) is 0. The molecule has 1 aromatic rings. The molecule has 0 aliphatic carbocycles. The Morgan fingerprint density at radius 1 is 1.41 bits per heavy atom. The molecule has 0 saturated carbocycles. The van der Waals surface area contributed by atoms with E-state index in [1.165, 1.54) is 11.3 Å². The van der Waals surface area contributed by atoms with Crippen LogP contribution in [0.2, 0.25) is 0 Å². The highest BCUT2D eigenvalue weighted by Gasteiger charge is 2.23. The number of ether oxygens (including phenoxy) is 1. The van der Waals surface area contributed by atoms with Gasteiger partial charge in [-0.3, -0.25) is 0 Å². The van der Waals surface area contributed by atoms with Gasteiger partial charge < -0.3 is 15.4 Å². The number of hydrogen-bond acceptors (Lipinski definition) is 3. The summed E-state index contributed by atoms with van der Waals surface area (Å²) in [6.07, 6.45) is 1.08. The minimum absolute atomic E-state index is 0.352. The molecule has 94 valence electrons. The molecule has 3 heteroatoms. The van der Waals surface area contributed by atoms with Crippen molar-refractivity contribution in [3.05, 3.63) is 23.8 Å². The van der Waals surface area contributed by atoms with Crippen LogP contribution in [0.1, 0.15) is 18.9 Å². The van der Waals surface area contributed by atoms with Gasteiger partial charge >= 0.3 is 0 Å². The number of piperidine rings is 1. The Hall–Kier alpha value is -1.22. The number of benzene rings is 1. The van der Waals surface area contributed by atoms with Crippen molar-refractivity contribution >= 4 is 5.69 Å². The summed E-state index contributed by atoms with van der Waals surface area (Å²) in [7, 11) is 1.70. The Balaban J connectivity index is 2.17. The third kappa shape index (κ3) is 2.55. The van der Waals surface area contributed by atoms with Gasteiger partial charge in [-0.15, -0.1) is 0 Å². The van der Waals surface area contributed by atoms with Crippen LogP contribution in [-0.2, 0) is 0 Å². The first-order chi connectivity index (χ1) is 8.11. The summed E-state index contributed by atoms with van der Waals surface area (Å²) < 4.78 is 5.24. The van der Waals surface area contributed by atoms with E-state index in [1.807, 2.05) is 6.07 Å². The lowest BCUT2D eigenvalue weighted by molar-refractivity contribution is 0.382. The monoisotopic (exact) mass is 234 g/mol. The molecule has 0 bridgehead atoms. The van der Waals surface area contributed by atoms with Crippen LogP contribution in [0.15, 0.2) is 18.2 Å². The highest BCUT2D eigenvalue weighted by atomic mass is 16.5. The van der Waals surface area contributed by atoms with E-state index < -0.39 is 0 Å². The van der Waals surface area contributed by atoms with Crippen molar-refractivity contribution in [1.29, 1.82) is 0 Å². The summed E-state index contributed by atoms with van der Waals surface area (Å²) >= 11 is 0. The fourth-order valence-electron chi connectivity index (χ4n) is 2.49. The molecule has 1 aliphatic rings.